The topological polar surface area (TPSA) is 15.3 Å². The Morgan fingerprint density at radius 2 is 1.82 bits per heavy atom. The first-order valence-corrected chi connectivity index (χ1v) is 7.53. The molecule has 0 aromatic carbocycles. The van der Waals surface area contributed by atoms with Gasteiger partial charge in [-0.05, 0) is 38.1 Å². The summed E-state index contributed by atoms with van der Waals surface area (Å²) in [4.78, 5) is 2.57. The maximum absolute atomic E-state index is 3.78. The highest BCUT2D eigenvalue weighted by Crippen LogP contribution is 2.37. The number of hydrogen-bond donors (Lipinski definition) is 1. The molecule has 2 aliphatic carbocycles. The van der Waals surface area contributed by atoms with E-state index in [2.05, 4.69) is 31.1 Å². The summed E-state index contributed by atoms with van der Waals surface area (Å²) in [5.41, 5.74) is 0.520. The van der Waals surface area contributed by atoms with Gasteiger partial charge >= 0.3 is 0 Å². The maximum Gasteiger partial charge on any atom is 0.0119 e. The van der Waals surface area contributed by atoms with Crippen molar-refractivity contribution in [1.29, 1.82) is 0 Å². The van der Waals surface area contributed by atoms with Crippen molar-refractivity contribution in [3.63, 3.8) is 0 Å². The van der Waals surface area contributed by atoms with E-state index in [-0.39, 0.29) is 0 Å². The summed E-state index contributed by atoms with van der Waals surface area (Å²) in [5.74, 6) is 0. The van der Waals surface area contributed by atoms with E-state index in [1.54, 1.807) is 0 Å². The quantitative estimate of drug-likeness (QED) is 0.792. The molecule has 1 unspecified atom stereocenters. The van der Waals surface area contributed by atoms with Gasteiger partial charge in [-0.15, -0.1) is 0 Å². The predicted octanol–water partition coefficient (Wildman–Crippen LogP) is 3.03. The summed E-state index contributed by atoms with van der Waals surface area (Å²) in [6, 6.07) is 1.62. The molecular formula is C15H30N2. The number of nitrogens with one attached hydrogen (secondary N) is 1. The van der Waals surface area contributed by atoms with Crippen LogP contribution in [-0.4, -0.2) is 37.1 Å². The summed E-state index contributed by atoms with van der Waals surface area (Å²) < 4.78 is 0. The molecular weight excluding hydrogens is 208 g/mol. The smallest absolute Gasteiger partial charge is 0.0119 e. The van der Waals surface area contributed by atoms with Gasteiger partial charge in [-0.1, -0.05) is 33.1 Å². The second-order valence-corrected chi connectivity index (χ2v) is 6.81. The Morgan fingerprint density at radius 1 is 1.12 bits per heavy atom. The minimum Gasteiger partial charge on any atom is -0.312 e. The third kappa shape index (κ3) is 3.45. The Hall–Kier alpha value is -0.0800. The lowest BCUT2D eigenvalue weighted by Crippen LogP contribution is -2.42. The van der Waals surface area contributed by atoms with Crippen LogP contribution in [0.2, 0.25) is 0 Å². The first kappa shape index (κ1) is 13.4. The maximum atomic E-state index is 3.78. The normalized spacial score (nSPS) is 29.3. The van der Waals surface area contributed by atoms with Crippen LogP contribution in [0.1, 0.15) is 58.8 Å². The Morgan fingerprint density at radius 3 is 2.41 bits per heavy atom. The van der Waals surface area contributed by atoms with Gasteiger partial charge in [0, 0.05) is 25.2 Å². The van der Waals surface area contributed by atoms with Gasteiger partial charge in [-0.2, -0.15) is 0 Å². The molecule has 0 aromatic heterocycles. The fourth-order valence-electron chi connectivity index (χ4n) is 3.65. The highest BCUT2D eigenvalue weighted by atomic mass is 15.1. The first-order chi connectivity index (χ1) is 8.09. The molecule has 0 saturated heterocycles. The number of rotatable bonds is 5. The zero-order chi connectivity index (χ0) is 12.3. The molecule has 100 valence electrons. The highest BCUT2D eigenvalue weighted by Gasteiger charge is 2.33. The molecule has 2 nitrogen and oxygen atoms in total. The molecule has 0 aliphatic heterocycles. The molecule has 0 spiro atoms. The Labute approximate surface area is 107 Å². The molecule has 2 rings (SSSR count). The first-order valence-electron chi connectivity index (χ1n) is 7.53. The van der Waals surface area contributed by atoms with Crippen LogP contribution in [0.25, 0.3) is 0 Å². The fraction of sp³-hybridized carbons (Fsp3) is 1.00. The van der Waals surface area contributed by atoms with Crippen molar-refractivity contribution < 1.29 is 0 Å². The van der Waals surface area contributed by atoms with Crippen LogP contribution in [0.5, 0.6) is 0 Å². The van der Waals surface area contributed by atoms with Crippen molar-refractivity contribution in [2.45, 2.75) is 70.9 Å². The minimum absolute atomic E-state index is 0.520. The van der Waals surface area contributed by atoms with E-state index in [0.29, 0.717) is 5.41 Å². The van der Waals surface area contributed by atoms with E-state index in [9.17, 15) is 0 Å². The van der Waals surface area contributed by atoms with Gasteiger partial charge in [0.2, 0.25) is 0 Å². The van der Waals surface area contributed by atoms with Gasteiger partial charge in [-0.25, -0.2) is 0 Å². The van der Waals surface area contributed by atoms with E-state index in [0.717, 1.165) is 12.1 Å². The summed E-state index contributed by atoms with van der Waals surface area (Å²) in [6.45, 7) is 7.22. The lowest BCUT2D eigenvalue weighted by atomic mass is 9.87. The molecule has 0 amide bonds. The van der Waals surface area contributed by atoms with E-state index >= 15 is 0 Å². The molecule has 0 bridgehead atoms. The Balaban J connectivity index is 1.65. The van der Waals surface area contributed by atoms with Crippen molar-refractivity contribution >= 4 is 0 Å². The second kappa shape index (κ2) is 5.71. The Bertz CT molecular complexity index is 231. The zero-order valence-corrected chi connectivity index (χ0v) is 12.0. The largest absolute Gasteiger partial charge is 0.312 e. The molecule has 1 N–H and O–H groups in total. The lowest BCUT2D eigenvalue weighted by Gasteiger charge is -2.30. The van der Waals surface area contributed by atoms with Crippen LogP contribution >= 0.6 is 0 Å². The SMILES string of the molecule is CN(CCNC1CCCC1(C)C)C1CCCC1. The molecule has 0 heterocycles. The molecule has 2 heteroatoms. The number of hydrogen-bond acceptors (Lipinski definition) is 2. The van der Waals surface area contributed by atoms with E-state index < -0.39 is 0 Å². The third-order valence-electron chi connectivity index (χ3n) is 5.06. The molecule has 2 aliphatic rings. The van der Waals surface area contributed by atoms with Crippen molar-refractivity contribution in [2.75, 3.05) is 20.1 Å². The van der Waals surface area contributed by atoms with Crippen molar-refractivity contribution in [3.05, 3.63) is 0 Å². The van der Waals surface area contributed by atoms with E-state index in [4.69, 9.17) is 0 Å². The predicted molar refractivity (Wildman–Crippen MR) is 74.3 cm³/mol. The number of likely N-dealkylation sites (N-methyl/N-ethyl adjacent to an activating group) is 1. The van der Waals surface area contributed by atoms with Gasteiger partial charge in [-0.3, -0.25) is 0 Å². The van der Waals surface area contributed by atoms with Crippen LogP contribution in [0.3, 0.4) is 0 Å². The van der Waals surface area contributed by atoms with Gasteiger partial charge in [0.05, 0.1) is 0 Å². The van der Waals surface area contributed by atoms with Gasteiger partial charge in [0.15, 0.2) is 0 Å². The highest BCUT2D eigenvalue weighted by molar-refractivity contribution is 4.90. The van der Waals surface area contributed by atoms with Crippen LogP contribution in [0.15, 0.2) is 0 Å². The summed E-state index contributed by atoms with van der Waals surface area (Å²) in [5, 5.41) is 3.78. The minimum atomic E-state index is 0.520. The molecule has 1 atom stereocenters. The Kier molecular flexibility index (Phi) is 4.48. The van der Waals surface area contributed by atoms with Crippen LogP contribution < -0.4 is 5.32 Å². The monoisotopic (exact) mass is 238 g/mol. The van der Waals surface area contributed by atoms with Crippen LogP contribution in [0.4, 0.5) is 0 Å². The van der Waals surface area contributed by atoms with Crippen molar-refractivity contribution in [1.82, 2.24) is 10.2 Å². The van der Waals surface area contributed by atoms with Crippen molar-refractivity contribution in [2.24, 2.45) is 5.41 Å². The van der Waals surface area contributed by atoms with Crippen LogP contribution in [-0.2, 0) is 0 Å². The molecule has 17 heavy (non-hydrogen) atoms. The van der Waals surface area contributed by atoms with Crippen LogP contribution in [0, 0.1) is 5.41 Å². The zero-order valence-electron chi connectivity index (χ0n) is 12.0. The average Bonchev–Trinajstić information content (AvgIpc) is 2.88. The molecule has 0 radical (unpaired) electrons. The average molecular weight is 238 g/mol. The molecule has 0 aromatic rings. The van der Waals surface area contributed by atoms with Crippen molar-refractivity contribution in [3.8, 4) is 0 Å². The van der Waals surface area contributed by atoms with Gasteiger partial charge in [0.25, 0.3) is 0 Å². The summed E-state index contributed by atoms with van der Waals surface area (Å²) in [6.07, 6.45) is 9.90. The van der Waals surface area contributed by atoms with E-state index in [1.165, 1.54) is 58.0 Å². The summed E-state index contributed by atoms with van der Waals surface area (Å²) >= 11 is 0. The van der Waals surface area contributed by atoms with E-state index in [1.807, 2.05) is 0 Å². The lowest BCUT2D eigenvalue weighted by molar-refractivity contribution is 0.225. The summed E-state index contributed by atoms with van der Waals surface area (Å²) in [7, 11) is 2.30. The van der Waals surface area contributed by atoms with Gasteiger partial charge in [0.1, 0.15) is 0 Å². The number of nitrogens with zero attached hydrogens (tertiary/aromatic N) is 1. The fourth-order valence-corrected chi connectivity index (χ4v) is 3.65. The third-order valence-corrected chi connectivity index (χ3v) is 5.06. The second-order valence-electron chi connectivity index (χ2n) is 6.81. The standard InChI is InChI=1S/C15H30N2/c1-15(2)10-6-9-14(15)16-11-12-17(3)13-7-4-5-8-13/h13-14,16H,4-12H2,1-3H3. The van der Waals surface area contributed by atoms with Gasteiger partial charge < -0.3 is 10.2 Å². The molecule has 2 fully saturated rings. The molecule has 2 saturated carbocycles.